The molecular weight excluding hydrogens is 446 g/mol. The van der Waals surface area contributed by atoms with Crippen LogP contribution in [0.4, 0.5) is 0 Å². The highest BCUT2D eigenvalue weighted by Gasteiger charge is 2.18. The predicted octanol–water partition coefficient (Wildman–Crippen LogP) is 4.08. The molecule has 0 radical (unpaired) electrons. The number of allylic oxidation sites excluding steroid dienone is 1. The van der Waals surface area contributed by atoms with Crippen molar-refractivity contribution in [2.45, 2.75) is 50.4 Å². The quantitative estimate of drug-likeness (QED) is 0.323. The van der Waals surface area contributed by atoms with Crippen molar-refractivity contribution in [3.63, 3.8) is 0 Å². The Bertz CT molecular complexity index is 1460. The van der Waals surface area contributed by atoms with E-state index in [0.29, 0.717) is 22.9 Å². The third-order valence-corrected chi connectivity index (χ3v) is 7.30. The molecule has 1 aliphatic rings. The Morgan fingerprint density at radius 3 is 2.79 bits per heavy atom. The van der Waals surface area contributed by atoms with Crippen molar-refractivity contribution < 1.29 is 4.79 Å². The third kappa shape index (κ3) is 4.14. The number of nitrogens with one attached hydrogen (secondary N) is 1. The third-order valence-electron chi connectivity index (χ3n) is 6.37. The molecular formula is C26H27N5O2S. The lowest BCUT2D eigenvalue weighted by Crippen LogP contribution is -2.28. The average Bonchev–Trinajstić information content (AvgIpc) is 3.29. The molecule has 174 valence electrons. The maximum absolute atomic E-state index is 12.9. The highest BCUT2D eigenvalue weighted by Crippen LogP contribution is 2.25. The van der Waals surface area contributed by atoms with Crippen molar-refractivity contribution in [2.24, 2.45) is 0 Å². The van der Waals surface area contributed by atoms with Gasteiger partial charge in [-0.1, -0.05) is 48.2 Å². The molecule has 0 spiro atoms. The molecule has 2 aromatic carbocycles. The molecule has 2 heterocycles. The van der Waals surface area contributed by atoms with Crippen LogP contribution in [0.5, 0.6) is 0 Å². The number of fused-ring (bicyclic) bond motifs is 4. The standard InChI is InChI=1S/C26H27N5O2S/c1-3-14-30-24(33)21-10-6-7-11-22(21)31-25(30)28-29-26(31)34-16-23(32)27-17(2)19-13-12-18-8-4-5-9-20(18)15-19/h3,6-7,10-13,15,17H,1,4-5,8-9,14,16H2,2H3,(H,27,32). The molecule has 4 aromatic rings. The fourth-order valence-electron chi connectivity index (χ4n) is 4.64. The van der Waals surface area contributed by atoms with Gasteiger partial charge in [0.1, 0.15) is 0 Å². The second-order valence-corrected chi connectivity index (χ2v) is 9.60. The summed E-state index contributed by atoms with van der Waals surface area (Å²) in [5.41, 5.74) is 4.56. The number of nitrogens with zero attached hydrogens (tertiary/aromatic N) is 4. The van der Waals surface area contributed by atoms with Gasteiger partial charge in [0.25, 0.3) is 5.56 Å². The van der Waals surface area contributed by atoms with Crippen molar-refractivity contribution in [3.05, 3.63) is 82.2 Å². The summed E-state index contributed by atoms with van der Waals surface area (Å²) in [6.45, 7) is 6.09. The maximum atomic E-state index is 12.9. The lowest BCUT2D eigenvalue weighted by Gasteiger charge is -2.20. The molecule has 7 nitrogen and oxygen atoms in total. The minimum absolute atomic E-state index is 0.0734. The summed E-state index contributed by atoms with van der Waals surface area (Å²) in [5, 5.41) is 12.8. The van der Waals surface area contributed by atoms with Crippen molar-refractivity contribution >= 4 is 34.3 Å². The van der Waals surface area contributed by atoms with E-state index in [2.05, 4.69) is 40.3 Å². The molecule has 1 atom stereocenters. The predicted molar refractivity (Wildman–Crippen MR) is 135 cm³/mol. The number of aromatic nitrogens is 4. The first kappa shape index (κ1) is 22.4. The van der Waals surface area contributed by atoms with Gasteiger partial charge in [-0.3, -0.25) is 18.6 Å². The van der Waals surface area contributed by atoms with E-state index in [1.54, 1.807) is 16.7 Å². The fourth-order valence-corrected chi connectivity index (χ4v) is 5.39. The molecule has 0 bridgehead atoms. The van der Waals surface area contributed by atoms with Gasteiger partial charge in [0.2, 0.25) is 11.7 Å². The summed E-state index contributed by atoms with van der Waals surface area (Å²) >= 11 is 1.31. The molecule has 1 aliphatic carbocycles. The Kier molecular flexibility index (Phi) is 6.24. The van der Waals surface area contributed by atoms with Crippen LogP contribution in [0, 0.1) is 0 Å². The first-order valence-corrected chi connectivity index (χ1v) is 12.6. The topological polar surface area (TPSA) is 81.3 Å². The van der Waals surface area contributed by atoms with Crippen molar-refractivity contribution in [3.8, 4) is 0 Å². The number of para-hydroxylation sites is 1. The van der Waals surface area contributed by atoms with Crippen LogP contribution in [-0.4, -0.2) is 30.8 Å². The first-order valence-electron chi connectivity index (χ1n) is 11.6. The molecule has 0 fully saturated rings. The van der Waals surface area contributed by atoms with Gasteiger partial charge in [-0.05, 0) is 61.4 Å². The number of hydrogen-bond acceptors (Lipinski definition) is 5. The smallest absolute Gasteiger partial charge is 0.263 e. The lowest BCUT2D eigenvalue weighted by molar-refractivity contribution is -0.119. The number of thioether (sulfide) groups is 1. The average molecular weight is 474 g/mol. The normalized spacial score (nSPS) is 14.1. The minimum Gasteiger partial charge on any atom is -0.349 e. The van der Waals surface area contributed by atoms with Gasteiger partial charge < -0.3 is 5.32 Å². The van der Waals surface area contributed by atoms with Crippen LogP contribution in [0.2, 0.25) is 0 Å². The van der Waals surface area contributed by atoms with E-state index in [4.69, 9.17) is 0 Å². The highest BCUT2D eigenvalue weighted by atomic mass is 32.2. The number of amides is 1. The van der Waals surface area contributed by atoms with E-state index in [1.807, 2.05) is 29.5 Å². The zero-order valence-corrected chi connectivity index (χ0v) is 20.0. The Morgan fingerprint density at radius 2 is 1.97 bits per heavy atom. The fraction of sp³-hybridized carbons (Fsp3) is 0.308. The second kappa shape index (κ2) is 9.46. The van der Waals surface area contributed by atoms with E-state index in [1.165, 1.54) is 35.7 Å². The molecule has 1 amide bonds. The molecule has 8 heteroatoms. The Morgan fingerprint density at radius 1 is 1.18 bits per heavy atom. The van der Waals surface area contributed by atoms with Crippen LogP contribution in [0.15, 0.2) is 65.1 Å². The monoisotopic (exact) mass is 473 g/mol. The minimum atomic E-state index is -0.136. The molecule has 0 saturated heterocycles. The van der Waals surface area contributed by atoms with Crippen LogP contribution in [0.1, 0.15) is 42.5 Å². The van der Waals surface area contributed by atoms with Crippen LogP contribution >= 0.6 is 11.8 Å². The molecule has 2 aromatic heterocycles. The van der Waals surface area contributed by atoms with Gasteiger partial charge in [-0.2, -0.15) is 0 Å². The van der Waals surface area contributed by atoms with Crippen LogP contribution in [0.25, 0.3) is 16.7 Å². The van der Waals surface area contributed by atoms with E-state index in [-0.39, 0.29) is 23.3 Å². The number of benzene rings is 2. The molecule has 34 heavy (non-hydrogen) atoms. The Hall–Kier alpha value is -3.39. The van der Waals surface area contributed by atoms with Crippen molar-refractivity contribution in [1.29, 1.82) is 0 Å². The summed E-state index contributed by atoms with van der Waals surface area (Å²) < 4.78 is 3.38. The van der Waals surface area contributed by atoms with Crippen LogP contribution in [-0.2, 0) is 24.2 Å². The van der Waals surface area contributed by atoms with Crippen LogP contribution in [0.3, 0.4) is 0 Å². The second-order valence-electron chi connectivity index (χ2n) is 8.65. The van der Waals surface area contributed by atoms with E-state index in [9.17, 15) is 9.59 Å². The van der Waals surface area contributed by atoms with Gasteiger partial charge >= 0.3 is 0 Å². The highest BCUT2D eigenvalue weighted by molar-refractivity contribution is 7.99. The first-order chi connectivity index (χ1) is 16.6. The number of rotatable bonds is 7. The zero-order chi connectivity index (χ0) is 23.7. The van der Waals surface area contributed by atoms with E-state index in [0.717, 1.165) is 23.9 Å². The summed E-state index contributed by atoms with van der Waals surface area (Å²) in [6, 6.07) is 13.9. The van der Waals surface area contributed by atoms with Crippen LogP contribution < -0.4 is 10.9 Å². The largest absolute Gasteiger partial charge is 0.349 e. The van der Waals surface area contributed by atoms with Crippen molar-refractivity contribution in [1.82, 2.24) is 24.5 Å². The lowest BCUT2D eigenvalue weighted by atomic mass is 9.89. The molecule has 1 unspecified atom stereocenters. The van der Waals surface area contributed by atoms with E-state index >= 15 is 0 Å². The summed E-state index contributed by atoms with van der Waals surface area (Å²) in [5.74, 6) is 0.565. The number of hydrogen-bond donors (Lipinski definition) is 1. The Labute approximate surface area is 201 Å². The van der Waals surface area contributed by atoms with Gasteiger partial charge in [0.05, 0.1) is 22.7 Å². The number of carbonyl (C=O) groups is 1. The maximum Gasteiger partial charge on any atom is 0.263 e. The van der Waals surface area contributed by atoms with Gasteiger partial charge in [0.15, 0.2) is 5.16 Å². The summed E-state index contributed by atoms with van der Waals surface area (Å²) in [4.78, 5) is 25.7. The SMILES string of the molecule is C=CCn1c(=O)c2ccccc2n2c(SCC(=O)NC(C)c3ccc4c(c3)CCCC4)nnc12. The summed E-state index contributed by atoms with van der Waals surface area (Å²) in [7, 11) is 0. The molecule has 0 aliphatic heterocycles. The van der Waals surface area contributed by atoms with Gasteiger partial charge in [-0.25, -0.2) is 0 Å². The summed E-state index contributed by atoms with van der Waals surface area (Å²) in [6.07, 6.45) is 6.41. The van der Waals surface area contributed by atoms with Gasteiger partial charge in [0, 0.05) is 6.54 Å². The number of aryl methyl sites for hydroxylation is 2. The Balaban J connectivity index is 1.35. The molecule has 0 saturated carbocycles. The number of carbonyl (C=O) groups excluding carboxylic acids is 1. The zero-order valence-electron chi connectivity index (χ0n) is 19.2. The molecule has 1 N–H and O–H groups in total. The van der Waals surface area contributed by atoms with E-state index < -0.39 is 0 Å². The van der Waals surface area contributed by atoms with Gasteiger partial charge in [-0.15, -0.1) is 16.8 Å². The van der Waals surface area contributed by atoms with Crippen molar-refractivity contribution in [2.75, 3.05) is 5.75 Å². The molecule has 5 rings (SSSR count).